The molecule has 0 fully saturated rings. The molecule has 1 aromatic carbocycles. The fraction of sp³-hybridized carbons (Fsp3) is 0.238. The van der Waals surface area contributed by atoms with E-state index in [0.29, 0.717) is 23.4 Å². The van der Waals surface area contributed by atoms with Crippen molar-refractivity contribution in [3.63, 3.8) is 0 Å². The van der Waals surface area contributed by atoms with Crippen LogP contribution < -0.4 is 5.56 Å². The molecule has 0 aliphatic carbocycles. The van der Waals surface area contributed by atoms with E-state index in [0.717, 1.165) is 22.2 Å². The number of cyclic esters (lactones) is 1. The van der Waals surface area contributed by atoms with Gasteiger partial charge in [0.1, 0.15) is 6.61 Å². The Hall–Kier alpha value is -3.72. The summed E-state index contributed by atoms with van der Waals surface area (Å²) in [6.45, 7) is 2.01. The highest BCUT2D eigenvalue weighted by molar-refractivity contribution is 5.86. The van der Waals surface area contributed by atoms with Gasteiger partial charge in [-0.25, -0.2) is 14.6 Å². The number of aromatic nitrogens is 2. The second kappa shape index (κ2) is 6.96. The molecule has 154 valence electrons. The Morgan fingerprint density at radius 3 is 2.63 bits per heavy atom. The summed E-state index contributed by atoms with van der Waals surface area (Å²) < 4.78 is 6.72. The molecule has 30 heavy (non-hydrogen) atoms. The first kappa shape index (κ1) is 19.6. The Labute approximate surface area is 169 Å². The standard InChI is InChI=1S/C20H16N2O4.CH2O3/c1-2-20(25)14-8-16-17-12(7-11-5-3-4-6-15(11)21-17)9-22(16)18(23)13(14)10-26-19(20)24;2-1(3)4/h3-8,25H,2,9-10H2,1H3;(H2,2,3,4)/t20-;/m0./s1. The van der Waals surface area contributed by atoms with E-state index in [2.05, 4.69) is 0 Å². The monoisotopic (exact) mass is 410 g/mol. The van der Waals surface area contributed by atoms with Gasteiger partial charge in [0.2, 0.25) is 0 Å². The van der Waals surface area contributed by atoms with Crippen molar-refractivity contribution >= 4 is 23.0 Å². The molecule has 0 unspecified atom stereocenters. The highest BCUT2D eigenvalue weighted by atomic mass is 16.6. The third-order valence-corrected chi connectivity index (χ3v) is 5.42. The van der Waals surface area contributed by atoms with Crippen molar-refractivity contribution in [1.82, 2.24) is 9.55 Å². The molecule has 1 atom stereocenters. The SMILES string of the molecule is CC[C@@]1(O)C(=O)OCc2c1cc1n(c2=O)Cc2cc3ccccc3nc2-1.O=C(O)O. The van der Waals surface area contributed by atoms with Gasteiger partial charge in [0.25, 0.3) is 5.56 Å². The molecule has 4 heterocycles. The van der Waals surface area contributed by atoms with Crippen molar-refractivity contribution in [2.45, 2.75) is 32.1 Å². The van der Waals surface area contributed by atoms with E-state index in [-0.39, 0.29) is 18.6 Å². The van der Waals surface area contributed by atoms with Gasteiger partial charge in [0.15, 0.2) is 5.60 Å². The normalized spacial score (nSPS) is 18.5. The van der Waals surface area contributed by atoms with Gasteiger partial charge in [-0.2, -0.15) is 0 Å². The summed E-state index contributed by atoms with van der Waals surface area (Å²) in [5.74, 6) is -0.707. The molecule has 2 aromatic heterocycles. The second-order valence-electron chi connectivity index (χ2n) is 7.07. The van der Waals surface area contributed by atoms with E-state index in [1.54, 1.807) is 17.6 Å². The lowest BCUT2D eigenvalue weighted by atomic mass is 9.86. The zero-order valence-corrected chi connectivity index (χ0v) is 16.0. The van der Waals surface area contributed by atoms with Gasteiger partial charge in [-0.05, 0) is 24.6 Å². The number of para-hydroxylation sites is 1. The molecule has 2 aliphatic heterocycles. The highest BCUT2D eigenvalue weighted by Gasteiger charge is 2.45. The number of pyridine rings is 2. The summed E-state index contributed by atoms with van der Waals surface area (Å²) in [6.07, 6.45) is -1.69. The minimum absolute atomic E-state index is 0.110. The van der Waals surface area contributed by atoms with Gasteiger partial charge in [0.05, 0.1) is 29.0 Å². The molecule has 0 amide bonds. The zero-order chi connectivity index (χ0) is 21.6. The fourth-order valence-electron chi connectivity index (χ4n) is 3.93. The number of fused-ring (bicyclic) bond motifs is 5. The van der Waals surface area contributed by atoms with Crippen molar-refractivity contribution in [3.8, 4) is 11.4 Å². The van der Waals surface area contributed by atoms with E-state index in [1.165, 1.54) is 0 Å². The van der Waals surface area contributed by atoms with E-state index < -0.39 is 17.7 Å². The predicted molar refractivity (Wildman–Crippen MR) is 105 cm³/mol. The topological polar surface area (TPSA) is 139 Å². The Morgan fingerprint density at radius 2 is 1.93 bits per heavy atom. The summed E-state index contributed by atoms with van der Waals surface area (Å²) in [4.78, 5) is 38.4. The molecule has 0 saturated carbocycles. The van der Waals surface area contributed by atoms with Crippen LogP contribution in [0.3, 0.4) is 0 Å². The van der Waals surface area contributed by atoms with Crippen LogP contribution in [-0.4, -0.2) is 37.0 Å². The largest absolute Gasteiger partial charge is 0.503 e. The number of carbonyl (C=O) groups is 2. The number of hydrogen-bond acceptors (Lipinski definition) is 6. The summed E-state index contributed by atoms with van der Waals surface area (Å²) in [5.41, 5.74) is 1.81. The number of hydrogen-bond donors (Lipinski definition) is 3. The van der Waals surface area contributed by atoms with E-state index in [9.17, 15) is 14.7 Å². The van der Waals surface area contributed by atoms with Crippen molar-refractivity contribution in [1.29, 1.82) is 0 Å². The van der Waals surface area contributed by atoms with Crippen molar-refractivity contribution in [2.75, 3.05) is 0 Å². The average Bonchev–Trinajstić information content (AvgIpc) is 3.07. The van der Waals surface area contributed by atoms with Gasteiger partial charge < -0.3 is 24.6 Å². The van der Waals surface area contributed by atoms with Crippen LogP contribution in [0.25, 0.3) is 22.3 Å². The Kier molecular flexibility index (Phi) is 4.54. The van der Waals surface area contributed by atoms with Crippen molar-refractivity contribution in [3.05, 3.63) is 63.4 Å². The summed E-state index contributed by atoms with van der Waals surface area (Å²) >= 11 is 0. The number of nitrogens with zero attached hydrogens (tertiary/aromatic N) is 2. The maximum absolute atomic E-state index is 13.0. The lowest BCUT2D eigenvalue weighted by Crippen LogP contribution is -2.44. The second-order valence-corrected chi connectivity index (χ2v) is 7.07. The van der Waals surface area contributed by atoms with Crippen LogP contribution in [0, 0.1) is 0 Å². The van der Waals surface area contributed by atoms with Gasteiger partial charge in [0, 0.05) is 16.5 Å². The first-order valence-electron chi connectivity index (χ1n) is 9.24. The molecular formula is C21H18N2O7. The number of aliphatic hydroxyl groups is 1. The highest BCUT2D eigenvalue weighted by Crippen LogP contribution is 2.38. The molecule has 0 saturated heterocycles. The number of rotatable bonds is 1. The minimum Gasteiger partial charge on any atom is -0.458 e. The fourth-order valence-corrected chi connectivity index (χ4v) is 3.93. The number of benzene rings is 1. The third-order valence-electron chi connectivity index (χ3n) is 5.42. The molecular weight excluding hydrogens is 392 g/mol. The summed E-state index contributed by atoms with van der Waals surface area (Å²) in [6, 6.07) is 11.6. The molecule has 9 nitrogen and oxygen atoms in total. The first-order valence-corrected chi connectivity index (χ1v) is 9.24. The molecule has 5 rings (SSSR count). The predicted octanol–water partition coefficient (Wildman–Crippen LogP) is 2.30. The summed E-state index contributed by atoms with van der Waals surface area (Å²) in [7, 11) is 0. The van der Waals surface area contributed by atoms with Crippen LogP contribution in [0.5, 0.6) is 0 Å². The lowest BCUT2D eigenvalue weighted by Gasteiger charge is -2.31. The quantitative estimate of drug-likeness (QED) is 0.406. The van der Waals surface area contributed by atoms with Crippen LogP contribution in [-0.2, 0) is 28.3 Å². The average molecular weight is 410 g/mol. The van der Waals surface area contributed by atoms with Crippen LogP contribution in [0.4, 0.5) is 4.79 Å². The maximum Gasteiger partial charge on any atom is 0.503 e. The van der Waals surface area contributed by atoms with Gasteiger partial charge in [-0.1, -0.05) is 25.1 Å². The molecule has 9 heteroatoms. The number of carboxylic acid groups (broad SMARTS) is 2. The van der Waals surface area contributed by atoms with E-state index in [4.69, 9.17) is 24.7 Å². The number of esters is 1. The van der Waals surface area contributed by atoms with Gasteiger partial charge in [-0.3, -0.25) is 4.79 Å². The maximum atomic E-state index is 13.0. The van der Waals surface area contributed by atoms with Gasteiger partial charge in [-0.15, -0.1) is 0 Å². The van der Waals surface area contributed by atoms with Crippen LogP contribution in [0.1, 0.15) is 30.0 Å². The Morgan fingerprint density at radius 1 is 1.23 bits per heavy atom. The third kappa shape index (κ3) is 2.91. The molecule has 3 N–H and O–H groups in total. The van der Waals surface area contributed by atoms with E-state index >= 15 is 0 Å². The Bertz CT molecular complexity index is 1260. The molecule has 2 aliphatic rings. The smallest absolute Gasteiger partial charge is 0.458 e. The zero-order valence-electron chi connectivity index (χ0n) is 16.0. The first-order chi connectivity index (χ1) is 14.3. The number of carbonyl (C=O) groups excluding carboxylic acids is 1. The van der Waals surface area contributed by atoms with Crippen LogP contribution in [0.15, 0.2) is 41.2 Å². The molecule has 0 bridgehead atoms. The lowest BCUT2D eigenvalue weighted by molar-refractivity contribution is -0.172. The van der Waals surface area contributed by atoms with Crippen LogP contribution >= 0.6 is 0 Å². The van der Waals surface area contributed by atoms with Crippen LogP contribution in [0.2, 0.25) is 0 Å². The molecule has 0 spiro atoms. The molecule has 3 aromatic rings. The summed E-state index contributed by atoms with van der Waals surface area (Å²) in [5, 5.41) is 25.8. The van der Waals surface area contributed by atoms with Gasteiger partial charge >= 0.3 is 12.1 Å². The van der Waals surface area contributed by atoms with Crippen molar-refractivity contribution < 1.29 is 29.6 Å². The van der Waals surface area contributed by atoms with Crippen molar-refractivity contribution in [2.24, 2.45) is 0 Å². The Balaban J connectivity index is 0.000000503. The minimum atomic E-state index is -1.83. The number of ether oxygens (including phenoxy) is 1. The van der Waals surface area contributed by atoms with E-state index in [1.807, 2.05) is 30.3 Å². The molecule has 0 radical (unpaired) electrons.